The number of hydrogen-bond acceptors (Lipinski definition) is 6. The lowest BCUT2D eigenvalue weighted by atomic mass is 10.0. The number of ketones is 1. The molecule has 1 N–H and O–H groups in total. The van der Waals surface area contributed by atoms with Gasteiger partial charge in [-0.3, -0.25) is 4.79 Å². The number of carbonyl (C=O) groups excluding carboxylic acids is 2. The highest BCUT2D eigenvalue weighted by Gasteiger charge is 2.21. The predicted molar refractivity (Wildman–Crippen MR) is 82.8 cm³/mol. The molecule has 0 fully saturated rings. The number of aryl methyl sites for hydroxylation is 1. The van der Waals surface area contributed by atoms with E-state index in [1.54, 1.807) is 12.1 Å². The summed E-state index contributed by atoms with van der Waals surface area (Å²) in [6.45, 7) is 2.37. The Kier molecular flexibility index (Phi) is 6.73. The second-order valence-corrected chi connectivity index (χ2v) is 5.45. The van der Waals surface area contributed by atoms with E-state index in [0.29, 0.717) is 10.2 Å². The molecule has 0 unspecified atom stereocenters. The van der Waals surface area contributed by atoms with Crippen LogP contribution in [-0.2, 0) is 14.3 Å². The fourth-order valence-electron chi connectivity index (χ4n) is 1.55. The van der Waals surface area contributed by atoms with Crippen LogP contribution in [0.2, 0.25) is 0 Å². The van der Waals surface area contributed by atoms with Gasteiger partial charge in [0.25, 0.3) is 0 Å². The molecule has 0 spiro atoms. The normalized spacial score (nSPS) is 11.2. The molecule has 0 radical (unpaired) electrons. The van der Waals surface area contributed by atoms with Crippen LogP contribution < -0.4 is 4.74 Å². The Balaban J connectivity index is 2.46. The minimum atomic E-state index is -1.18. The Labute approximate surface area is 136 Å². The molecule has 0 aliphatic carbocycles. The second kappa shape index (κ2) is 8.29. The summed E-state index contributed by atoms with van der Waals surface area (Å²) in [4.78, 5) is 23.1. The summed E-state index contributed by atoms with van der Waals surface area (Å²) >= 11 is 3.31. The molecular formula is C15H15BrN2O4. The summed E-state index contributed by atoms with van der Waals surface area (Å²) in [5.41, 5.74) is 0.959. The number of benzene rings is 1. The smallest absolute Gasteiger partial charge is 0.344 e. The third-order valence-electron chi connectivity index (χ3n) is 2.69. The lowest BCUT2D eigenvalue weighted by molar-refractivity contribution is -0.150. The van der Waals surface area contributed by atoms with Crippen LogP contribution in [-0.4, -0.2) is 30.7 Å². The van der Waals surface area contributed by atoms with Gasteiger partial charge in [0.2, 0.25) is 0 Å². The van der Waals surface area contributed by atoms with Crippen LogP contribution >= 0.6 is 15.9 Å². The van der Waals surface area contributed by atoms with E-state index in [1.807, 2.05) is 19.1 Å². The van der Waals surface area contributed by atoms with E-state index in [9.17, 15) is 9.59 Å². The molecule has 1 atom stereocenters. The molecule has 6 nitrogen and oxygen atoms in total. The molecule has 0 aliphatic heterocycles. The van der Waals surface area contributed by atoms with E-state index in [0.717, 1.165) is 5.56 Å². The van der Waals surface area contributed by atoms with Crippen LogP contribution in [0.4, 0.5) is 0 Å². The molecular weight excluding hydrogens is 352 g/mol. The van der Waals surface area contributed by atoms with Gasteiger partial charge in [-0.2, -0.15) is 5.26 Å². The first-order chi connectivity index (χ1) is 10.3. The van der Waals surface area contributed by atoms with Gasteiger partial charge in [0.15, 0.2) is 19.0 Å². The number of nitrogens with one attached hydrogen (secondary N) is 1. The first-order valence-electron chi connectivity index (χ1n) is 6.37. The standard InChI is InChI=1S/C15H15BrN2O4/c1-9-3-4-14(12(16)5-9)21-8-15(20)22-7-13(19)11(6-17)10(2)18/h3-5,11,18H,7-8H2,1-2H3/t11-/m0/s1. The zero-order chi connectivity index (χ0) is 16.7. The van der Waals surface area contributed by atoms with Crippen molar-refractivity contribution in [1.29, 1.82) is 10.7 Å². The molecule has 0 aromatic heterocycles. The first kappa shape index (κ1) is 17.9. The largest absolute Gasteiger partial charge is 0.481 e. The molecule has 22 heavy (non-hydrogen) atoms. The maximum Gasteiger partial charge on any atom is 0.344 e. The van der Waals surface area contributed by atoms with Gasteiger partial charge < -0.3 is 14.9 Å². The maximum absolute atomic E-state index is 11.6. The predicted octanol–water partition coefficient (Wildman–Crippen LogP) is 2.43. The molecule has 0 saturated heterocycles. The second-order valence-electron chi connectivity index (χ2n) is 4.59. The number of nitrogens with zero attached hydrogens (tertiary/aromatic N) is 1. The SMILES string of the molecule is CC(=N)[C@H](C#N)C(=O)COC(=O)COc1ccc(C)cc1Br. The maximum atomic E-state index is 11.6. The van der Waals surface area contributed by atoms with Crippen LogP contribution in [0.3, 0.4) is 0 Å². The van der Waals surface area contributed by atoms with Crippen molar-refractivity contribution in [2.45, 2.75) is 13.8 Å². The Bertz CT molecular complexity index is 637. The van der Waals surface area contributed by atoms with Crippen molar-refractivity contribution in [3.05, 3.63) is 28.2 Å². The number of ether oxygens (including phenoxy) is 2. The Hall–Kier alpha value is -2.20. The van der Waals surface area contributed by atoms with E-state index in [4.69, 9.17) is 20.1 Å². The molecule has 1 aromatic rings. The average molecular weight is 367 g/mol. The van der Waals surface area contributed by atoms with E-state index >= 15 is 0 Å². The van der Waals surface area contributed by atoms with Crippen LogP contribution in [0.5, 0.6) is 5.75 Å². The van der Waals surface area contributed by atoms with Crippen molar-refractivity contribution in [3.63, 3.8) is 0 Å². The summed E-state index contributed by atoms with van der Waals surface area (Å²) in [5.74, 6) is -2.04. The highest BCUT2D eigenvalue weighted by Crippen LogP contribution is 2.25. The molecule has 0 heterocycles. The molecule has 0 amide bonds. The number of nitriles is 1. The minimum absolute atomic E-state index is 0.0802. The topological polar surface area (TPSA) is 100 Å². The van der Waals surface area contributed by atoms with Crippen LogP contribution in [0, 0.1) is 29.6 Å². The monoisotopic (exact) mass is 366 g/mol. The van der Waals surface area contributed by atoms with E-state index in [-0.39, 0.29) is 12.3 Å². The van der Waals surface area contributed by atoms with Crippen LogP contribution in [0.25, 0.3) is 0 Å². The summed E-state index contributed by atoms with van der Waals surface area (Å²) in [6, 6.07) is 7.08. The van der Waals surface area contributed by atoms with Gasteiger partial charge in [-0.1, -0.05) is 6.07 Å². The minimum Gasteiger partial charge on any atom is -0.481 e. The van der Waals surface area contributed by atoms with Gasteiger partial charge in [-0.05, 0) is 47.5 Å². The summed E-state index contributed by atoms with van der Waals surface area (Å²) < 4.78 is 10.7. The zero-order valence-electron chi connectivity index (χ0n) is 12.2. The van der Waals surface area contributed by atoms with Crippen LogP contribution in [0.1, 0.15) is 12.5 Å². The highest BCUT2D eigenvalue weighted by molar-refractivity contribution is 9.10. The Morgan fingerprint density at radius 2 is 2.09 bits per heavy atom. The van der Waals surface area contributed by atoms with E-state index in [1.165, 1.54) is 6.92 Å². The summed E-state index contributed by atoms with van der Waals surface area (Å²) in [5, 5.41) is 16.0. The molecule has 0 saturated carbocycles. The van der Waals surface area contributed by atoms with Crippen molar-refractivity contribution >= 4 is 33.4 Å². The number of halogens is 1. The third kappa shape index (κ3) is 5.30. The highest BCUT2D eigenvalue weighted by atomic mass is 79.9. The van der Waals surface area contributed by atoms with E-state index < -0.39 is 24.3 Å². The molecule has 7 heteroatoms. The molecule has 1 aromatic carbocycles. The fraction of sp³-hybridized carbons (Fsp3) is 0.333. The number of rotatable bonds is 7. The van der Waals surface area contributed by atoms with Gasteiger partial charge in [-0.25, -0.2) is 4.79 Å². The zero-order valence-corrected chi connectivity index (χ0v) is 13.8. The Morgan fingerprint density at radius 3 is 2.64 bits per heavy atom. The van der Waals surface area contributed by atoms with Crippen LogP contribution in [0.15, 0.2) is 22.7 Å². The van der Waals surface area contributed by atoms with Gasteiger partial charge in [0.1, 0.15) is 11.7 Å². The summed E-state index contributed by atoms with van der Waals surface area (Å²) in [7, 11) is 0. The van der Waals surface area contributed by atoms with Crippen molar-refractivity contribution in [2.75, 3.05) is 13.2 Å². The lowest BCUT2D eigenvalue weighted by Gasteiger charge is -2.10. The van der Waals surface area contributed by atoms with Crippen molar-refractivity contribution in [2.24, 2.45) is 5.92 Å². The molecule has 1 rings (SSSR count). The van der Waals surface area contributed by atoms with E-state index in [2.05, 4.69) is 15.9 Å². The molecule has 116 valence electrons. The number of esters is 1. The number of carbonyl (C=O) groups is 2. The quantitative estimate of drug-likeness (QED) is 0.589. The van der Waals surface area contributed by atoms with Crippen molar-refractivity contribution < 1.29 is 19.1 Å². The van der Waals surface area contributed by atoms with Gasteiger partial charge in [-0.15, -0.1) is 0 Å². The summed E-state index contributed by atoms with van der Waals surface area (Å²) in [6.07, 6.45) is 0. The first-order valence-corrected chi connectivity index (χ1v) is 7.16. The third-order valence-corrected chi connectivity index (χ3v) is 3.31. The van der Waals surface area contributed by atoms with Gasteiger partial charge in [0.05, 0.1) is 10.5 Å². The average Bonchev–Trinajstić information content (AvgIpc) is 2.44. The lowest BCUT2D eigenvalue weighted by Crippen LogP contribution is -2.27. The molecule has 0 bridgehead atoms. The Morgan fingerprint density at radius 1 is 1.41 bits per heavy atom. The molecule has 0 aliphatic rings. The number of hydrogen-bond donors (Lipinski definition) is 1. The van der Waals surface area contributed by atoms with Crippen molar-refractivity contribution in [3.8, 4) is 11.8 Å². The number of Topliss-reactive ketones (excluding diaryl/α,β-unsaturated/α-hetero) is 1. The van der Waals surface area contributed by atoms with Gasteiger partial charge >= 0.3 is 5.97 Å². The van der Waals surface area contributed by atoms with Crippen molar-refractivity contribution in [1.82, 2.24) is 0 Å². The fourth-order valence-corrected chi connectivity index (χ4v) is 2.15. The van der Waals surface area contributed by atoms with Gasteiger partial charge in [0, 0.05) is 5.71 Å².